The van der Waals surface area contributed by atoms with Crippen molar-refractivity contribution in [1.82, 2.24) is 0 Å². The summed E-state index contributed by atoms with van der Waals surface area (Å²) < 4.78 is 1.44. The third-order valence-corrected chi connectivity index (χ3v) is 1.70. The summed E-state index contributed by atoms with van der Waals surface area (Å²) in [7, 11) is 0. The number of fused-ring (bicyclic) bond motifs is 1. The lowest BCUT2D eigenvalue weighted by Crippen LogP contribution is -1.88. The summed E-state index contributed by atoms with van der Waals surface area (Å²) in [6.45, 7) is 0. The fourth-order valence-corrected chi connectivity index (χ4v) is 1.16. The van der Waals surface area contributed by atoms with E-state index in [0.717, 1.165) is 11.3 Å². The maximum absolute atomic E-state index is 10.3. The van der Waals surface area contributed by atoms with Gasteiger partial charge in [0.15, 0.2) is 6.20 Å². The number of hydrogen-bond donors (Lipinski definition) is 0. The third-order valence-electron chi connectivity index (χ3n) is 1.70. The lowest BCUT2D eigenvalue weighted by molar-refractivity contribution is -0.351. The van der Waals surface area contributed by atoms with Crippen LogP contribution in [0.4, 0.5) is 5.69 Å². The first-order valence-electron chi connectivity index (χ1n) is 3.36. The molecule has 52 valence electrons. The Balaban J connectivity index is 2.72. The maximum Gasteiger partial charge on any atom is 0.436 e. The molecule has 1 aromatic rings. The normalized spacial score (nSPS) is 12.9. The van der Waals surface area contributed by atoms with Crippen molar-refractivity contribution in [3.63, 3.8) is 0 Å². The van der Waals surface area contributed by atoms with Gasteiger partial charge >= 0.3 is 6.08 Å². The molecule has 0 bridgehead atoms. The molecule has 0 saturated carbocycles. The molecular weight excluding hydrogens is 138 g/mol. The van der Waals surface area contributed by atoms with Crippen molar-refractivity contribution in [2.75, 3.05) is 0 Å². The molecule has 0 radical (unpaired) electrons. The number of hydrogen-bond acceptors (Lipinski definition) is 1. The summed E-state index contributed by atoms with van der Waals surface area (Å²) in [5, 5.41) is 0. The molecule has 11 heavy (non-hydrogen) atoms. The van der Waals surface area contributed by atoms with Crippen LogP contribution >= 0.6 is 0 Å². The number of benzene rings is 1. The van der Waals surface area contributed by atoms with Gasteiger partial charge in [-0.3, -0.25) is 0 Å². The summed E-state index contributed by atoms with van der Waals surface area (Å²) in [4.78, 5) is 10.3. The van der Waals surface area contributed by atoms with Crippen molar-refractivity contribution < 1.29 is 9.37 Å². The van der Waals surface area contributed by atoms with E-state index >= 15 is 0 Å². The van der Waals surface area contributed by atoms with Crippen LogP contribution in [0.5, 0.6) is 0 Å². The van der Waals surface area contributed by atoms with Crippen molar-refractivity contribution >= 4 is 17.8 Å². The molecular formula is C9H6NO+. The summed E-state index contributed by atoms with van der Waals surface area (Å²) in [5.41, 5.74) is 1.97. The Morgan fingerprint density at radius 2 is 2.09 bits per heavy atom. The number of isocyanates is 1. The average Bonchev–Trinajstić information content (AvgIpc) is 2.47. The highest BCUT2D eigenvalue weighted by Gasteiger charge is 2.17. The molecule has 2 nitrogen and oxygen atoms in total. The zero-order chi connectivity index (χ0) is 7.68. The molecule has 1 heterocycles. The lowest BCUT2D eigenvalue weighted by Gasteiger charge is -1.87. The fourth-order valence-electron chi connectivity index (χ4n) is 1.16. The van der Waals surface area contributed by atoms with Crippen LogP contribution in [0.1, 0.15) is 5.56 Å². The van der Waals surface area contributed by atoms with Crippen LogP contribution in [-0.4, -0.2) is 10.7 Å². The van der Waals surface area contributed by atoms with E-state index < -0.39 is 0 Å². The van der Waals surface area contributed by atoms with Crippen LogP contribution in [0.25, 0.3) is 6.08 Å². The molecule has 0 amide bonds. The van der Waals surface area contributed by atoms with Crippen LogP contribution < -0.4 is 0 Å². The van der Waals surface area contributed by atoms with Crippen molar-refractivity contribution in [2.24, 2.45) is 0 Å². The van der Waals surface area contributed by atoms with Crippen molar-refractivity contribution in [2.45, 2.75) is 0 Å². The fraction of sp³-hybridized carbons (Fsp3) is 0. The second kappa shape index (κ2) is 2.19. The van der Waals surface area contributed by atoms with E-state index in [0.29, 0.717) is 0 Å². The lowest BCUT2D eigenvalue weighted by atomic mass is 10.2. The molecule has 0 aliphatic carbocycles. The highest BCUT2D eigenvalue weighted by atomic mass is 16.1. The second-order valence-corrected chi connectivity index (χ2v) is 2.34. The second-order valence-electron chi connectivity index (χ2n) is 2.34. The van der Waals surface area contributed by atoms with Crippen molar-refractivity contribution in [3.05, 3.63) is 36.0 Å². The van der Waals surface area contributed by atoms with Gasteiger partial charge in [0, 0.05) is 12.1 Å². The standard InChI is InChI=1S/C9H6NO/c11-7-10-6-5-8-3-1-2-4-9(8)10/h1-6H/q+1. The number of para-hydroxylation sites is 1. The van der Waals surface area contributed by atoms with Gasteiger partial charge in [-0.1, -0.05) is 16.7 Å². The summed E-state index contributed by atoms with van der Waals surface area (Å²) in [6.07, 6.45) is 5.41. The Kier molecular flexibility index (Phi) is 1.21. The predicted octanol–water partition coefficient (Wildman–Crippen LogP) is 1.65. The van der Waals surface area contributed by atoms with E-state index in [1.807, 2.05) is 36.4 Å². The highest BCUT2D eigenvalue weighted by Crippen LogP contribution is 2.24. The van der Waals surface area contributed by atoms with Crippen LogP contribution in [0.3, 0.4) is 0 Å². The zero-order valence-electron chi connectivity index (χ0n) is 5.82. The van der Waals surface area contributed by atoms with E-state index in [1.165, 1.54) is 4.58 Å². The Morgan fingerprint density at radius 3 is 2.91 bits per heavy atom. The molecule has 2 rings (SSSR count). The Morgan fingerprint density at radius 1 is 1.27 bits per heavy atom. The first-order chi connectivity index (χ1) is 5.42. The molecule has 0 N–H and O–H groups in total. The number of carbonyl (C=O) groups excluding carboxylic acids is 1. The van der Waals surface area contributed by atoms with Gasteiger partial charge in [0.1, 0.15) is 0 Å². The van der Waals surface area contributed by atoms with Gasteiger partial charge < -0.3 is 0 Å². The minimum atomic E-state index is 0.905. The number of nitrogens with zero attached hydrogens (tertiary/aromatic N) is 1. The molecule has 0 aromatic heterocycles. The molecule has 1 aromatic carbocycles. The smallest absolute Gasteiger partial charge is 0.158 e. The van der Waals surface area contributed by atoms with E-state index in [9.17, 15) is 4.79 Å². The molecule has 1 aliphatic rings. The van der Waals surface area contributed by atoms with Gasteiger partial charge in [0.05, 0.1) is 5.56 Å². The maximum atomic E-state index is 10.3. The van der Waals surface area contributed by atoms with Crippen LogP contribution in [-0.2, 0) is 4.79 Å². The molecule has 0 fully saturated rings. The average molecular weight is 144 g/mol. The first-order valence-corrected chi connectivity index (χ1v) is 3.36. The minimum absolute atomic E-state index is 0.905. The van der Waals surface area contributed by atoms with E-state index in [2.05, 4.69) is 0 Å². The van der Waals surface area contributed by atoms with Gasteiger partial charge in [0.25, 0.3) is 0 Å². The molecule has 1 aliphatic heterocycles. The monoisotopic (exact) mass is 144 g/mol. The van der Waals surface area contributed by atoms with Crippen LogP contribution in [0.2, 0.25) is 0 Å². The van der Waals surface area contributed by atoms with E-state index in [-0.39, 0.29) is 0 Å². The molecule has 0 atom stereocenters. The summed E-state index contributed by atoms with van der Waals surface area (Å²) >= 11 is 0. The Labute approximate surface area is 64.1 Å². The van der Waals surface area contributed by atoms with E-state index in [4.69, 9.17) is 0 Å². The minimum Gasteiger partial charge on any atom is -0.158 e. The third kappa shape index (κ3) is 0.810. The molecule has 2 heteroatoms. The van der Waals surface area contributed by atoms with E-state index in [1.54, 1.807) is 6.20 Å². The van der Waals surface area contributed by atoms with Gasteiger partial charge in [-0.15, -0.1) is 0 Å². The molecule has 0 unspecified atom stereocenters. The van der Waals surface area contributed by atoms with Gasteiger partial charge in [-0.25, -0.2) is 0 Å². The van der Waals surface area contributed by atoms with Crippen molar-refractivity contribution in [1.29, 1.82) is 0 Å². The summed E-state index contributed by atoms with van der Waals surface area (Å²) in [6, 6.07) is 7.69. The molecule has 0 spiro atoms. The van der Waals surface area contributed by atoms with Gasteiger partial charge in [0.2, 0.25) is 5.69 Å². The topological polar surface area (TPSA) is 20.1 Å². The largest absolute Gasteiger partial charge is 0.436 e. The number of rotatable bonds is 0. The highest BCUT2D eigenvalue weighted by molar-refractivity contribution is 5.65. The van der Waals surface area contributed by atoms with Crippen molar-refractivity contribution in [3.8, 4) is 0 Å². The first kappa shape index (κ1) is 6.08. The summed E-state index contributed by atoms with van der Waals surface area (Å²) in [5.74, 6) is 0. The SMILES string of the molecule is O=C=[N+]1C=Cc2ccccc21. The Hall–Kier alpha value is -1.66. The zero-order valence-corrected chi connectivity index (χ0v) is 5.82. The quantitative estimate of drug-likeness (QED) is 0.400. The van der Waals surface area contributed by atoms with Crippen LogP contribution in [0, 0.1) is 0 Å². The predicted molar refractivity (Wildman–Crippen MR) is 41.1 cm³/mol. The van der Waals surface area contributed by atoms with Crippen LogP contribution in [0.15, 0.2) is 30.5 Å². The Bertz CT molecular complexity index is 373. The van der Waals surface area contributed by atoms with Gasteiger partial charge in [-0.2, -0.15) is 4.79 Å². The van der Waals surface area contributed by atoms with Gasteiger partial charge in [-0.05, 0) is 6.07 Å². The molecule has 0 saturated heterocycles.